The van der Waals surface area contributed by atoms with E-state index in [1.165, 1.54) is 0 Å². The van der Waals surface area contributed by atoms with Gasteiger partial charge in [-0.05, 0) is 18.1 Å². The summed E-state index contributed by atoms with van der Waals surface area (Å²) in [6.07, 6.45) is 5.35. The Morgan fingerprint density at radius 2 is 2.06 bits per heavy atom. The maximum absolute atomic E-state index is 5.75. The van der Waals surface area contributed by atoms with Crippen molar-refractivity contribution in [3.05, 3.63) is 35.4 Å². The van der Waals surface area contributed by atoms with E-state index in [0.29, 0.717) is 13.2 Å². The van der Waals surface area contributed by atoms with Gasteiger partial charge in [-0.3, -0.25) is 5.32 Å². The fourth-order valence-corrected chi connectivity index (χ4v) is 1.66. The van der Waals surface area contributed by atoms with Gasteiger partial charge < -0.3 is 10.5 Å². The second kappa shape index (κ2) is 7.08. The number of hydrogen-bond acceptors (Lipinski definition) is 3. The van der Waals surface area contributed by atoms with Crippen LogP contribution in [0.15, 0.2) is 24.3 Å². The van der Waals surface area contributed by atoms with Crippen molar-refractivity contribution in [2.24, 2.45) is 5.73 Å². The molecule has 3 nitrogen and oxygen atoms in total. The highest BCUT2D eigenvalue weighted by Crippen LogP contribution is 2.14. The van der Waals surface area contributed by atoms with Gasteiger partial charge in [-0.15, -0.1) is 6.42 Å². The topological polar surface area (TPSA) is 47.3 Å². The third-order valence-corrected chi connectivity index (χ3v) is 2.63. The number of benzene rings is 1. The second-order valence-electron chi connectivity index (χ2n) is 4.02. The Balaban J connectivity index is 2.72. The highest BCUT2D eigenvalue weighted by Gasteiger charge is 2.11. The average molecular weight is 232 g/mol. The molecule has 0 bridgehead atoms. The Morgan fingerprint density at radius 3 is 2.53 bits per heavy atom. The minimum Gasteiger partial charge on any atom is -0.380 e. The molecule has 1 aromatic rings. The molecule has 17 heavy (non-hydrogen) atoms. The molecule has 0 aromatic heterocycles. The van der Waals surface area contributed by atoms with Crippen molar-refractivity contribution in [1.29, 1.82) is 0 Å². The summed E-state index contributed by atoms with van der Waals surface area (Å²) in [5.74, 6) is 2.64. The normalized spacial score (nSPS) is 14.0. The number of ether oxygens (including phenoxy) is 1. The minimum absolute atomic E-state index is 0.0159. The van der Waals surface area contributed by atoms with Crippen LogP contribution in [-0.2, 0) is 11.3 Å². The summed E-state index contributed by atoms with van der Waals surface area (Å²) in [6.45, 7) is 3.10. The quantitative estimate of drug-likeness (QED) is 0.730. The number of nitrogens with two attached hydrogens (primary N) is 1. The van der Waals surface area contributed by atoms with E-state index >= 15 is 0 Å². The molecule has 0 spiro atoms. The first kappa shape index (κ1) is 13.7. The SMILES string of the molecule is C#CC(C)NC(CN)c1ccc(COC)cc1. The molecule has 3 heteroatoms. The standard InChI is InChI=1S/C14H20N2O/c1-4-11(2)16-14(9-15)13-7-5-12(6-8-13)10-17-3/h1,5-8,11,14,16H,9-10,15H2,2-3H3. The van der Waals surface area contributed by atoms with Gasteiger partial charge in [0.2, 0.25) is 0 Å². The predicted octanol–water partition coefficient (Wildman–Crippen LogP) is 1.44. The number of rotatable bonds is 6. The van der Waals surface area contributed by atoms with E-state index in [2.05, 4.69) is 23.4 Å². The Labute approximate surface area is 103 Å². The van der Waals surface area contributed by atoms with Gasteiger partial charge in [-0.1, -0.05) is 30.2 Å². The summed E-state index contributed by atoms with van der Waals surface area (Å²) in [7, 11) is 1.69. The van der Waals surface area contributed by atoms with Crippen molar-refractivity contribution in [2.45, 2.75) is 25.6 Å². The van der Waals surface area contributed by atoms with Gasteiger partial charge in [0.25, 0.3) is 0 Å². The van der Waals surface area contributed by atoms with E-state index in [1.807, 2.05) is 19.1 Å². The first-order chi connectivity index (χ1) is 8.21. The molecule has 0 aliphatic carbocycles. The van der Waals surface area contributed by atoms with Gasteiger partial charge in [0.1, 0.15) is 0 Å². The third-order valence-electron chi connectivity index (χ3n) is 2.63. The van der Waals surface area contributed by atoms with E-state index in [1.54, 1.807) is 7.11 Å². The predicted molar refractivity (Wildman–Crippen MR) is 70.4 cm³/mol. The van der Waals surface area contributed by atoms with Crippen molar-refractivity contribution in [1.82, 2.24) is 5.32 Å². The van der Waals surface area contributed by atoms with Crippen LogP contribution >= 0.6 is 0 Å². The third kappa shape index (κ3) is 4.20. The van der Waals surface area contributed by atoms with Gasteiger partial charge >= 0.3 is 0 Å². The van der Waals surface area contributed by atoms with Crippen molar-refractivity contribution in [2.75, 3.05) is 13.7 Å². The molecule has 3 N–H and O–H groups in total. The van der Waals surface area contributed by atoms with E-state index in [9.17, 15) is 0 Å². The summed E-state index contributed by atoms with van der Waals surface area (Å²) in [4.78, 5) is 0. The fraction of sp³-hybridized carbons (Fsp3) is 0.429. The molecule has 0 heterocycles. The lowest BCUT2D eigenvalue weighted by atomic mass is 10.0. The highest BCUT2D eigenvalue weighted by molar-refractivity contribution is 5.25. The van der Waals surface area contributed by atoms with Crippen LogP contribution in [0.3, 0.4) is 0 Å². The molecule has 2 atom stereocenters. The molecule has 0 saturated heterocycles. The average Bonchev–Trinajstić information content (AvgIpc) is 2.37. The fourth-order valence-electron chi connectivity index (χ4n) is 1.66. The smallest absolute Gasteiger partial charge is 0.0713 e. The molecule has 92 valence electrons. The molecule has 2 unspecified atom stereocenters. The van der Waals surface area contributed by atoms with Crippen molar-refractivity contribution in [3.8, 4) is 12.3 Å². The summed E-state index contributed by atoms with van der Waals surface area (Å²) in [5.41, 5.74) is 8.05. The molecule has 0 aliphatic heterocycles. The monoisotopic (exact) mass is 232 g/mol. The van der Waals surface area contributed by atoms with E-state index in [0.717, 1.165) is 11.1 Å². The zero-order valence-corrected chi connectivity index (χ0v) is 10.4. The molecule has 0 aliphatic rings. The lowest BCUT2D eigenvalue weighted by Gasteiger charge is -2.19. The van der Waals surface area contributed by atoms with E-state index < -0.39 is 0 Å². The van der Waals surface area contributed by atoms with Crippen LogP contribution in [0.25, 0.3) is 0 Å². The lowest BCUT2D eigenvalue weighted by Crippen LogP contribution is -2.34. The van der Waals surface area contributed by atoms with Crippen LogP contribution in [0.1, 0.15) is 24.1 Å². The zero-order valence-electron chi connectivity index (χ0n) is 10.4. The Bertz CT molecular complexity index is 367. The molecule has 1 aromatic carbocycles. The second-order valence-corrected chi connectivity index (χ2v) is 4.02. The molecular formula is C14H20N2O. The number of terminal acetylenes is 1. The van der Waals surface area contributed by atoms with Gasteiger partial charge in [0.15, 0.2) is 0 Å². The van der Waals surface area contributed by atoms with Crippen LogP contribution < -0.4 is 11.1 Å². The maximum Gasteiger partial charge on any atom is 0.0713 e. The van der Waals surface area contributed by atoms with E-state index in [4.69, 9.17) is 16.9 Å². The number of nitrogens with one attached hydrogen (secondary N) is 1. The van der Waals surface area contributed by atoms with Gasteiger partial charge in [0, 0.05) is 19.7 Å². The Morgan fingerprint density at radius 1 is 1.41 bits per heavy atom. The van der Waals surface area contributed by atoms with Crippen LogP contribution in [0.2, 0.25) is 0 Å². The molecular weight excluding hydrogens is 212 g/mol. The summed E-state index contributed by atoms with van der Waals surface area (Å²) < 4.78 is 5.07. The molecule has 0 saturated carbocycles. The minimum atomic E-state index is 0.0159. The van der Waals surface area contributed by atoms with Crippen molar-refractivity contribution >= 4 is 0 Å². The van der Waals surface area contributed by atoms with Gasteiger partial charge in [0.05, 0.1) is 12.6 Å². The number of methoxy groups -OCH3 is 1. The number of hydrogen-bond donors (Lipinski definition) is 2. The molecule has 0 radical (unpaired) electrons. The van der Waals surface area contributed by atoms with Crippen LogP contribution in [0.5, 0.6) is 0 Å². The van der Waals surface area contributed by atoms with Gasteiger partial charge in [-0.2, -0.15) is 0 Å². The Hall–Kier alpha value is -1.34. The van der Waals surface area contributed by atoms with Crippen molar-refractivity contribution < 1.29 is 4.74 Å². The molecule has 1 rings (SSSR count). The first-order valence-electron chi connectivity index (χ1n) is 5.71. The Kier molecular flexibility index (Phi) is 5.71. The molecule has 0 amide bonds. The zero-order chi connectivity index (χ0) is 12.7. The van der Waals surface area contributed by atoms with Gasteiger partial charge in [-0.25, -0.2) is 0 Å². The summed E-state index contributed by atoms with van der Waals surface area (Å²) in [5, 5.41) is 3.29. The maximum atomic E-state index is 5.75. The van der Waals surface area contributed by atoms with Crippen LogP contribution in [-0.4, -0.2) is 19.7 Å². The molecule has 0 fully saturated rings. The van der Waals surface area contributed by atoms with Crippen LogP contribution in [0, 0.1) is 12.3 Å². The summed E-state index contributed by atoms with van der Waals surface area (Å²) >= 11 is 0. The van der Waals surface area contributed by atoms with Crippen molar-refractivity contribution in [3.63, 3.8) is 0 Å². The lowest BCUT2D eigenvalue weighted by molar-refractivity contribution is 0.185. The van der Waals surface area contributed by atoms with E-state index in [-0.39, 0.29) is 12.1 Å². The summed E-state index contributed by atoms with van der Waals surface area (Å²) in [6, 6.07) is 8.32. The van der Waals surface area contributed by atoms with Crippen LogP contribution in [0.4, 0.5) is 0 Å². The first-order valence-corrected chi connectivity index (χ1v) is 5.71. The highest BCUT2D eigenvalue weighted by atomic mass is 16.5. The largest absolute Gasteiger partial charge is 0.380 e.